The smallest absolute Gasteiger partial charge is 0.125 e. The fourth-order valence-electron chi connectivity index (χ4n) is 1.46. The van der Waals surface area contributed by atoms with Gasteiger partial charge in [-0.3, -0.25) is 0 Å². The summed E-state index contributed by atoms with van der Waals surface area (Å²) in [6, 6.07) is 6.34. The van der Waals surface area contributed by atoms with E-state index in [1.165, 1.54) is 11.1 Å². The Hall–Kier alpha value is 0.124. The van der Waals surface area contributed by atoms with Gasteiger partial charge in [-0.15, -0.1) is 0 Å². The molecule has 0 aromatic heterocycles. The maximum atomic E-state index is 5.36. The molecule has 0 amide bonds. The van der Waals surface area contributed by atoms with Crippen molar-refractivity contribution in [1.29, 1.82) is 0 Å². The van der Waals surface area contributed by atoms with Crippen LogP contribution >= 0.6 is 0 Å². The summed E-state index contributed by atoms with van der Waals surface area (Å²) in [4.78, 5) is 0. The van der Waals surface area contributed by atoms with Crippen LogP contribution in [-0.2, 0) is 45.6 Å². The Kier molecular flexibility index (Phi) is 9.97. The summed E-state index contributed by atoms with van der Waals surface area (Å²) in [5.41, 5.74) is 2.61. The molecule has 1 aromatic rings. The van der Waals surface area contributed by atoms with Crippen LogP contribution in [0.15, 0.2) is 18.2 Å². The van der Waals surface area contributed by atoms with Crippen molar-refractivity contribution in [3.05, 3.63) is 36.8 Å². The normalized spacial score (nSPS) is 8.50. The van der Waals surface area contributed by atoms with Crippen molar-refractivity contribution in [3.63, 3.8) is 0 Å². The summed E-state index contributed by atoms with van der Waals surface area (Å²) >= 11 is 0. The molecule has 1 rings (SSSR count). The van der Waals surface area contributed by atoms with E-state index in [4.69, 9.17) is 4.74 Å². The molecule has 0 fully saturated rings. The van der Waals surface area contributed by atoms with E-state index in [1.807, 2.05) is 0 Å². The summed E-state index contributed by atoms with van der Waals surface area (Å²) in [5, 5.41) is 0. The van der Waals surface area contributed by atoms with Crippen LogP contribution in [0.4, 0.5) is 0 Å². The van der Waals surface area contributed by atoms with Gasteiger partial charge in [0.25, 0.3) is 0 Å². The topological polar surface area (TPSA) is 9.23 Å². The number of methoxy groups -OCH3 is 1. The van der Waals surface area contributed by atoms with Gasteiger partial charge >= 0.3 is 0 Å². The molecule has 0 bridgehead atoms. The minimum Gasteiger partial charge on any atom is -0.496 e. The number of ether oxygens (including phenoxy) is 1. The summed E-state index contributed by atoms with van der Waals surface area (Å²) in [7, 11) is 1.74. The van der Waals surface area contributed by atoms with Crippen molar-refractivity contribution in [2.45, 2.75) is 26.7 Å². The van der Waals surface area contributed by atoms with E-state index < -0.39 is 0 Å². The molecule has 1 radical (unpaired) electrons. The standard InChI is InChI=1S/C11H16O.CH3.Y/c1-4-9-7-6-8-10(5-2)11(9)12-3;;/h6-8H,4-5H2,1-3H3;1H3;/q;-1;. The largest absolute Gasteiger partial charge is 0.496 e. The zero-order valence-corrected chi connectivity index (χ0v) is 12.5. The number of hydrogen-bond acceptors (Lipinski definition) is 1. The monoisotopic (exact) mass is 268 g/mol. The second-order valence-electron chi connectivity index (χ2n) is 2.82. The van der Waals surface area contributed by atoms with E-state index in [1.54, 1.807) is 7.11 Å². The van der Waals surface area contributed by atoms with Crippen molar-refractivity contribution in [1.82, 2.24) is 0 Å². The zero-order chi connectivity index (χ0) is 8.97. The maximum Gasteiger partial charge on any atom is 0.125 e. The van der Waals surface area contributed by atoms with E-state index in [2.05, 4.69) is 32.0 Å². The molecule has 0 spiro atoms. The van der Waals surface area contributed by atoms with Crippen LogP contribution in [0, 0.1) is 7.43 Å². The van der Waals surface area contributed by atoms with Crippen molar-refractivity contribution >= 4 is 0 Å². The molecule has 1 nitrogen and oxygen atoms in total. The first-order valence-electron chi connectivity index (χ1n) is 4.48. The third kappa shape index (κ3) is 3.70. The first kappa shape index (κ1) is 16.5. The van der Waals surface area contributed by atoms with E-state index in [-0.39, 0.29) is 40.1 Å². The third-order valence-corrected chi connectivity index (χ3v) is 2.14. The van der Waals surface area contributed by atoms with Crippen molar-refractivity contribution in [3.8, 4) is 5.75 Å². The Morgan fingerprint density at radius 2 is 1.50 bits per heavy atom. The number of para-hydroxylation sites is 1. The van der Waals surface area contributed by atoms with Crippen molar-refractivity contribution in [2.24, 2.45) is 0 Å². The summed E-state index contributed by atoms with van der Waals surface area (Å²) in [6.07, 6.45) is 2.08. The predicted molar refractivity (Wildman–Crippen MR) is 58.2 cm³/mol. The first-order valence-corrected chi connectivity index (χ1v) is 4.48. The third-order valence-electron chi connectivity index (χ3n) is 2.14. The van der Waals surface area contributed by atoms with Gasteiger partial charge in [0, 0.05) is 32.7 Å². The molecule has 0 saturated heterocycles. The Balaban J connectivity index is 0. The minimum absolute atomic E-state index is 0. The van der Waals surface area contributed by atoms with Gasteiger partial charge in [-0.2, -0.15) is 0 Å². The second-order valence-corrected chi connectivity index (χ2v) is 2.82. The van der Waals surface area contributed by atoms with Crippen LogP contribution in [0.5, 0.6) is 5.75 Å². The Labute approximate surface area is 113 Å². The molecular formula is C12H19OY-. The average Bonchev–Trinajstić information content (AvgIpc) is 2.16. The number of aryl methyl sites for hydroxylation is 2. The minimum atomic E-state index is 0. The molecule has 2 heteroatoms. The van der Waals surface area contributed by atoms with Crippen molar-refractivity contribution < 1.29 is 37.4 Å². The maximum absolute atomic E-state index is 5.36. The van der Waals surface area contributed by atoms with Gasteiger partial charge in [0.2, 0.25) is 0 Å². The molecule has 0 N–H and O–H groups in total. The molecule has 0 heterocycles. The van der Waals surface area contributed by atoms with Crippen LogP contribution < -0.4 is 4.74 Å². The fourth-order valence-corrected chi connectivity index (χ4v) is 1.46. The van der Waals surface area contributed by atoms with E-state index in [0.717, 1.165) is 18.6 Å². The van der Waals surface area contributed by atoms with Gasteiger partial charge < -0.3 is 12.2 Å². The molecule has 1 aromatic carbocycles. The molecule has 0 aliphatic heterocycles. The Morgan fingerprint density at radius 3 is 1.79 bits per heavy atom. The number of rotatable bonds is 3. The van der Waals surface area contributed by atoms with E-state index in [9.17, 15) is 0 Å². The summed E-state index contributed by atoms with van der Waals surface area (Å²) in [6.45, 7) is 4.30. The van der Waals surface area contributed by atoms with E-state index in [0.29, 0.717) is 0 Å². The van der Waals surface area contributed by atoms with Crippen molar-refractivity contribution in [2.75, 3.05) is 7.11 Å². The van der Waals surface area contributed by atoms with Gasteiger partial charge in [-0.05, 0) is 24.0 Å². The molecule has 0 unspecified atom stereocenters. The Bertz CT molecular complexity index is 236. The Morgan fingerprint density at radius 1 is 1.07 bits per heavy atom. The van der Waals surface area contributed by atoms with Crippen LogP contribution in [0.1, 0.15) is 25.0 Å². The van der Waals surface area contributed by atoms with Crippen LogP contribution in [0.2, 0.25) is 0 Å². The number of hydrogen-bond donors (Lipinski definition) is 0. The number of benzene rings is 1. The van der Waals surface area contributed by atoms with Gasteiger partial charge in [0.15, 0.2) is 0 Å². The molecule has 0 atom stereocenters. The molecule has 0 saturated carbocycles. The quantitative estimate of drug-likeness (QED) is 0.764. The molecule has 14 heavy (non-hydrogen) atoms. The molecule has 0 aliphatic carbocycles. The molecule has 0 aliphatic rings. The fraction of sp³-hybridized carbons (Fsp3) is 0.417. The van der Waals surface area contributed by atoms with Crippen LogP contribution in [0.3, 0.4) is 0 Å². The van der Waals surface area contributed by atoms with Gasteiger partial charge in [-0.25, -0.2) is 0 Å². The molecule has 77 valence electrons. The second kappa shape index (κ2) is 8.43. The predicted octanol–water partition coefficient (Wildman–Crippen LogP) is 3.27. The average molecular weight is 268 g/mol. The zero-order valence-electron chi connectivity index (χ0n) is 9.63. The van der Waals surface area contributed by atoms with Gasteiger partial charge in [0.05, 0.1) is 7.11 Å². The summed E-state index contributed by atoms with van der Waals surface area (Å²) < 4.78 is 5.36. The summed E-state index contributed by atoms with van der Waals surface area (Å²) in [5.74, 6) is 1.07. The SMILES string of the molecule is CCc1cccc(CC)c1OC.[CH3-].[Y]. The first-order chi connectivity index (χ1) is 5.83. The molecular weight excluding hydrogens is 249 g/mol. The van der Waals surface area contributed by atoms with E-state index >= 15 is 0 Å². The van der Waals surface area contributed by atoms with Gasteiger partial charge in [-0.1, -0.05) is 32.0 Å². The van der Waals surface area contributed by atoms with Gasteiger partial charge in [0.1, 0.15) is 5.75 Å². The van der Waals surface area contributed by atoms with Crippen LogP contribution in [-0.4, -0.2) is 7.11 Å². The van der Waals surface area contributed by atoms with Crippen LogP contribution in [0.25, 0.3) is 0 Å².